The van der Waals surface area contributed by atoms with Crippen LogP contribution in [0.3, 0.4) is 0 Å². The molecule has 0 aliphatic rings. The second-order valence-corrected chi connectivity index (χ2v) is 5.19. The summed E-state index contributed by atoms with van der Waals surface area (Å²) in [5, 5.41) is 0.933. The average molecular weight is 294 g/mol. The van der Waals surface area contributed by atoms with E-state index in [0.29, 0.717) is 11.7 Å². The van der Waals surface area contributed by atoms with Gasteiger partial charge in [0, 0.05) is 5.56 Å². The predicted molar refractivity (Wildman–Crippen MR) is 87.6 cm³/mol. The Labute approximate surface area is 129 Å². The number of hydrogen-bond acceptors (Lipinski definition) is 4. The van der Waals surface area contributed by atoms with E-state index in [1.54, 1.807) is 14.2 Å². The fourth-order valence-electron chi connectivity index (χ4n) is 2.43. The van der Waals surface area contributed by atoms with E-state index < -0.39 is 0 Å². The highest BCUT2D eigenvalue weighted by molar-refractivity contribution is 5.88. The second kappa shape index (κ2) is 5.64. The molecule has 4 heteroatoms. The fourth-order valence-corrected chi connectivity index (χ4v) is 2.43. The van der Waals surface area contributed by atoms with E-state index in [9.17, 15) is 0 Å². The first-order valence-corrected chi connectivity index (χ1v) is 7.10. The zero-order valence-corrected chi connectivity index (χ0v) is 13.2. The van der Waals surface area contributed by atoms with Crippen LogP contribution in [-0.4, -0.2) is 24.2 Å². The molecule has 0 fully saturated rings. The van der Waals surface area contributed by atoms with Gasteiger partial charge in [-0.25, -0.2) is 4.98 Å². The summed E-state index contributed by atoms with van der Waals surface area (Å²) in [6.07, 6.45) is 0. The molecule has 3 rings (SSSR count). The van der Waals surface area contributed by atoms with E-state index in [2.05, 4.69) is 24.9 Å². The lowest BCUT2D eigenvalue weighted by Crippen LogP contribution is -1.98. The van der Waals surface area contributed by atoms with Crippen molar-refractivity contribution in [1.82, 2.24) is 9.97 Å². The number of rotatable bonds is 3. The van der Waals surface area contributed by atoms with Gasteiger partial charge in [0.15, 0.2) is 5.82 Å². The zero-order valence-electron chi connectivity index (χ0n) is 13.2. The maximum atomic E-state index is 5.45. The average Bonchev–Trinajstić information content (AvgIpc) is 2.57. The van der Waals surface area contributed by atoms with Gasteiger partial charge in [-0.3, -0.25) is 0 Å². The molecule has 1 aromatic heterocycles. The molecule has 112 valence electrons. The van der Waals surface area contributed by atoms with Crippen LogP contribution in [0.5, 0.6) is 11.6 Å². The molecule has 0 radical (unpaired) electrons. The van der Waals surface area contributed by atoms with Gasteiger partial charge in [0.25, 0.3) is 0 Å². The molecule has 0 saturated carbocycles. The molecule has 3 aromatic rings. The number of fused-ring (bicyclic) bond motifs is 1. The molecule has 0 atom stereocenters. The monoisotopic (exact) mass is 294 g/mol. The molecule has 0 aliphatic heterocycles. The van der Waals surface area contributed by atoms with Gasteiger partial charge < -0.3 is 9.47 Å². The third-order valence-corrected chi connectivity index (χ3v) is 3.90. The summed E-state index contributed by atoms with van der Waals surface area (Å²) >= 11 is 0. The summed E-state index contributed by atoms with van der Waals surface area (Å²) in [6.45, 7) is 4.15. The Morgan fingerprint density at radius 3 is 2.18 bits per heavy atom. The van der Waals surface area contributed by atoms with Gasteiger partial charge >= 0.3 is 0 Å². The van der Waals surface area contributed by atoms with E-state index in [4.69, 9.17) is 14.5 Å². The SMILES string of the molecule is COc1ccc(-c2nc(OC)c3ccc(C)c(C)c3n2)cc1. The third-order valence-electron chi connectivity index (χ3n) is 3.90. The largest absolute Gasteiger partial charge is 0.497 e. The molecule has 0 aliphatic carbocycles. The molecular weight excluding hydrogens is 276 g/mol. The Balaban J connectivity index is 2.23. The Morgan fingerprint density at radius 2 is 1.55 bits per heavy atom. The number of hydrogen-bond donors (Lipinski definition) is 0. The van der Waals surface area contributed by atoms with Gasteiger partial charge in [-0.15, -0.1) is 0 Å². The van der Waals surface area contributed by atoms with E-state index in [1.165, 1.54) is 5.56 Å². The van der Waals surface area contributed by atoms with Gasteiger partial charge in [-0.2, -0.15) is 4.98 Å². The number of benzene rings is 2. The third kappa shape index (κ3) is 2.37. The van der Waals surface area contributed by atoms with E-state index >= 15 is 0 Å². The van der Waals surface area contributed by atoms with Crippen LogP contribution in [0.4, 0.5) is 0 Å². The van der Waals surface area contributed by atoms with E-state index in [1.807, 2.05) is 30.3 Å². The first-order chi connectivity index (χ1) is 10.6. The van der Waals surface area contributed by atoms with Crippen molar-refractivity contribution in [3.63, 3.8) is 0 Å². The molecule has 1 heterocycles. The Morgan fingerprint density at radius 1 is 0.818 bits per heavy atom. The Kier molecular flexibility index (Phi) is 3.67. The van der Waals surface area contributed by atoms with Crippen molar-refractivity contribution in [3.8, 4) is 23.0 Å². The number of ether oxygens (including phenoxy) is 2. The maximum Gasteiger partial charge on any atom is 0.224 e. The number of nitrogens with zero attached hydrogens (tertiary/aromatic N) is 2. The molecule has 0 N–H and O–H groups in total. The smallest absolute Gasteiger partial charge is 0.224 e. The van der Waals surface area contributed by atoms with Crippen LogP contribution in [0.1, 0.15) is 11.1 Å². The minimum Gasteiger partial charge on any atom is -0.497 e. The fraction of sp³-hybridized carbons (Fsp3) is 0.222. The summed E-state index contributed by atoms with van der Waals surface area (Å²) in [6, 6.07) is 11.8. The first-order valence-electron chi connectivity index (χ1n) is 7.10. The molecule has 0 spiro atoms. The topological polar surface area (TPSA) is 44.2 Å². The van der Waals surface area contributed by atoms with Crippen molar-refractivity contribution < 1.29 is 9.47 Å². The number of methoxy groups -OCH3 is 2. The lowest BCUT2D eigenvalue weighted by atomic mass is 10.1. The van der Waals surface area contributed by atoms with Crippen molar-refractivity contribution >= 4 is 10.9 Å². The van der Waals surface area contributed by atoms with Crippen LogP contribution in [0.25, 0.3) is 22.3 Å². The van der Waals surface area contributed by atoms with E-state index in [0.717, 1.165) is 27.8 Å². The predicted octanol–water partition coefficient (Wildman–Crippen LogP) is 3.93. The van der Waals surface area contributed by atoms with Gasteiger partial charge in [0.05, 0.1) is 25.1 Å². The lowest BCUT2D eigenvalue weighted by molar-refractivity contribution is 0.403. The number of aromatic nitrogens is 2. The summed E-state index contributed by atoms with van der Waals surface area (Å²) in [5.74, 6) is 2.06. The van der Waals surface area contributed by atoms with Crippen molar-refractivity contribution in [3.05, 3.63) is 47.5 Å². The molecule has 2 aromatic carbocycles. The first kappa shape index (κ1) is 14.3. The van der Waals surface area contributed by atoms with Gasteiger partial charge in [-0.05, 0) is 55.3 Å². The number of aryl methyl sites for hydroxylation is 2. The molecule has 0 saturated heterocycles. The van der Waals surface area contributed by atoms with Crippen LogP contribution in [0.2, 0.25) is 0 Å². The summed E-state index contributed by atoms with van der Waals surface area (Å²) in [4.78, 5) is 9.28. The quantitative estimate of drug-likeness (QED) is 0.734. The minimum absolute atomic E-state index is 0.596. The van der Waals surface area contributed by atoms with E-state index in [-0.39, 0.29) is 0 Å². The standard InChI is InChI=1S/C18H18N2O2/c1-11-5-10-15-16(12(11)2)19-17(20-18(15)22-4)13-6-8-14(21-3)9-7-13/h5-10H,1-4H3. The van der Waals surface area contributed by atoms with Crippen molar-refractivity contribution in [1.29, 1.82) is 0 Å². The van der Waals surface area contributed by atoms with Gasteiger partial charge in [-0.1, -0.05) is 6.07 Å². The Bertz CT molecular complexity index is 827. The maximum absolute atomic E-state index is 5.45. The second-order valence-electron chi connectivity index (χ2n) is 5.19. The minimum atomic E-state index is 0.596. The molecule has 22 heavy (non-hydrogen) atoms. The highest BCUT2D eigenvalue weighted by atomic mass is 16.5. The van der Waals surface area contributed by atoms with Crippen LogP contribution in [0, 0.1) is 13.8 Å². The van der Waals surface area contributed by atoms with Crippen molar-refractivity contribution in [2.24, 2.45) is 0 Å². The molecule has 0 unspecified atom stereocenters. The van der Waals surface area contributed by atoms with Crippen LogP contribution in [-0.2, 0) is 0 Å². The highest BCUT2D eigenvalue weighted by Gasteiger charge is 2.12. The summed E-state index contributed by atoms with van der Waals surface area (Å²) < 4.78 is 10.6. The van der Waals surface area contributed by atoms with Crippen molar-refractivity contribution in [2.45, 2.75) is 13.8 Å². The lowest BCUT2D eigenvalue weighted by Gasteiger charge is -2.11. The normalized spacial score (nSPS) is 10.7. The van der Waals surface area contributed by atoms with Crippen LogP contribution >= 0.6 is 0 Å². The van der Waals surface area contributed by atoms with Crippen LogP contribution in [0.15, 0.2) is 36.4 Å². The summed E-state index contributed by atoms with van der Waals surface area (Å²) in [5.41, 5.74) is 4.21. The van der Waals surface area contributed by atoms with Crippen molar-refractivity contribution in [2.75, 3.05) is 14.2 Å². The zero-order chi connectivity index (χ0) is 15.7. The molecule has 0 bridgehead atoms. The highest BCUT2D eigenvalue weighted by Crippen LogP contribution is 2.30. The van der Waals surface area contributed by atoms with Crippen LogP contribution < -0.4 is 9.47 Å². The molecule has 4 nitrogen and oxygen atoms in total. The van der Waals surface area contributed by atoms with Gasteiger partial charge in [0.1, 0.15) is 5.75 Å². The summed E-state index contributed by atoms with van der Waals surface area (Å²) in [7, 11) is 3.28. The molecule has 0 amide bonds. The van der Waals surface area contributed by atoms with Gasteiger partial charge in [0.2, 0.25) is 5.88 Å². The molecular formula is C18H18N2O2. The Hall–Kier alpha value is -2.62.